The van der Waals surface area contributed by atoms with Gasteiger partial charge in [0, 0.05) is 13.5 Å². The summed E-state index contributed by atoms with van der Waals surface area (Å²) in [5, 5.41) is 0. The number of rotatable bonds is 2. The Morgan fingerprint density at radius 1 is 1.60 bits per heavy atom. The van der Waals surface area contributed by atoms with Gasteiger partial charge in [-0.15, -0.1) is 6.58 Å². The third kappa shape index (κ3) is 1.67. The SMILES string of the molecule is C=CCc1cccc2c1N(C(C)=O)CC2. The molecule has 1 heterocycles. The molecular weight excluding hydrogens is 186 g/mol. The van der Waals surface area contributed by atoms with E-state index in [1.54, 1.807) is 6.92 Å². The summed E-state index contributed by atoms with van der Waals surface area (Å²) < 4.78 is 0. The number of hydrogen-bond acceptors (Lipinski definition) is 1. The smallest absolute Gasteiger partial charge is 0.223 e. The Morgan fingerprint density at radius 2 is 2.40 bits per heavy atom. The molecule has 1 aliphatic heterocycles. The Hall–Kier alpha value is -1.57. The van der Waals surface area contributed by atoms with Crippen molar-refractivity contribution in [1.82, 2.24) is 0 Å². The second kappa shape index (κ2) is 3.89. The number of fused-ring (bicyclic) bond motifs is 1. The van der Waals surface area contributed by atoms with E-state index in [0.717, 1.165) is 25.1 Å². The molecule has 2 nitrogen and oxygen atoms in total. The van der Waals surface area contributed by atoms with Crippen LogP contribution in [0.25, 0.3) is 0 Å². The Bertz CT molecular complexity index is 409. The maximum Gasteiger partial charge on any atom is 0.223 e. The first kappa shape index (κ1) is 9.97. The standard InChI is InChI=1S/C13H15NO/c1-3-5-11-6-4-7-12-8-9-14(10(2)15)13(11)12/h3-4,6-7H,1,5,8-9H2,2H3. The Balaban J connectivity index is 2.47. The van der Waals surface area contributed by atoms with E-state index in [0.29, 0.717) is 0 Å². The van der Waals surface area contributed by atoms with Crippen LogP contribution >= 0.6 is 0 Å². The zero-order valence-electron chi connectivity index (χ0n) is 8.99. The molecule has 0 radical (unpaired) electrons. The van der Waals surface area contributed by atoms with Crippen LogP contribution in [0.1, 0.15) is 18.1 Å². The van der Waals surface area contributed by atoms with E-state index in [4.69, 9.17) is 0 Å². The molecule has 0 N–H and O–H groups in total. The first-order chi connectivity index (χ1) is 7.24. The van der Waals surface area contributed by atoms with Crippen LogP contribution in [0, 0.1) is 0 Å². The number of benzene rings is 1. The average Bonchev–Trinajstić information content (AvgIpc) is 2.62. The van der Waals surface area contributed by atoms with Crippen LogP contribution < -0.4 is 4.90 Å². The molecule has 78 valence electrons. The van der Waals surface area contributed by atoms with E-state index in [1.165, 1.54) is 11.1 Å². The molecule has 0 bridgehead atoms. The zero-order valence-corrected chi connectivity index (χ0v) is 8.99. The lowest BCUT2D eigenvalue weighted by Crippen LogP contribution is -2.26. The third-order valence-corrected chi connectivity index (χ3v) is 2.82. The second-order valence-corrected chi connectivity index (χ2v) is 3.84. The minimum atomic E-state index is 0.130. The summed E-state index contributed by atoms with van der Waals surface area (Å²) in [6.07, 6.45) is 3.68. The molecule has 2 rings (SSSR count). The van der Waals surface area contributed by atoms with Crippen LogP contribution in [0.5, 0.6) is 0 Å². The Labute approximate surface area is 90.2 Å². The van der Waals surface area contributed by atoms with Crippen molar-refractivity contribution < 1.29 is 4.79 Å². The van der Waals surface area contributed by atoms with Gasteiger partial charge in [0.2, 0.25) is 5.91 Å². The third-order valence-electron chi connectivity index (χ3n) is 2.82. The number of para-hydroxylation sites is 1. The van der Waals surface area contributed by atoms with E-state index in [-0.39, 0.29) is 5.91 Å². The summed E-state index contributed by atoms with van der Waals surface area (Å²) in [5.74, 6) is 0.130. The van der Waals surface area contributed by atoms with Gasteiger partial charge in [0.15, 0.2) is 0 Å². The van der Waals surface area contributed by atoms with Crippen molar-refractivity contribution in [3.05, 3.63) is 42.0 Å². The van der Waals surface area contributed by atoms with E-state index in [9.17, 15) is 4.79 Å². The Morgan fingerprint density at radius 3 is 3.07 bits per heavy atom. The maximum absolute atomic E-state index is 11.5. The lowest BCUT2D eigenvalue weighted by Gasteiger charge is -2.17. The number of carbonyl (C=O) groups is 1. The number of nitrogens with zero attached hydrogens (tertiary/aromatic N) is 1. The van der Waals surface area contributed by atoms with Gasteiger partial charge in [-0.25, -0.2) is 0 Å². The molecular formula is C13H15NO. The largest absolute Gasteiger partial charge is 0.312 e. The number of hydrogen-bond donors (Lipinski definition) is 0. The summed E-state index contributed by atoms with van der Waals surface area (Å²) in [5.41, 5.74) is 3.60. The Kier molecular flexibility index (Phi) is 2.58. The van der Waals surface area contributed by atoms with Gasteiger partial charge in [0.1, 0.15) is 0 Å². The fourth-order valence-electron chi connectivity index (χ4n) is 2.17. The van der Waals surface area contributed by atoms with Crippen LogP contribution in [0.3, 0.4) is 0 Å². The number of allylic oxidation sites excluding steroid dienone is 1. The lowest BCUT2D eigenvalue weighted by atomic mass is 10.0. The van der Waals surface area contributed by atoms with Gasteiger partial charge in [-0.05, 0) is 24.0 Å². The van der Waals surface area contributed by atoms with Gasteiger partial charge in [-0.1, -0.05) is 24.3 Å². The molecule has 0 fully saturated rings. The average molecular weight is 201 g/mol. The van der Waals surface area contributed by atoms with Crippen molar-refractivity contribution in [2.45, 2.75) is 19.8 Å². The minimum Gasteiger partial charge on any atom is -0.312 e. The topological polar surface area (TPSA) is 20.3 Å². The van der Waals surface area contributed by atoms with Crippen LogP contribution in [0.2, 0.25) is 0 Å². The summed E-state index contributed by atoms with van der Waals surface area (Å²) in [6, 6.07) is 6.23. The van der Waals surface area contributed by atoms with Crippen molar-refractivity contribution in [1.29, 1.82) is 0 Å². The first-order valence-electron chi connectivity index (χ1n) is 5.24. The van der Waals surface area contributed by atoms with Crippen LogP contribution in [-0.4, -0.2) is 12.5 Å². The van der Waals surface area contributed by atoms with Gasteiger partial charge in [-0.2, -0.15) is 0 Å². The molecule has 0 saturated carbocycles. The molecule has 0 atom stereocenters. The second-order valence-electron chi connectivity index (χ2n) is 3.84. The molecule has 2 heteroatoms. The predicted octanol–water partition coefficient (Wildman–Crippen LogP) is 2.32. The number of anilines is 1. The summed E-state index contributed by atoms with van der Waals surface area (Å²) in [4.78, 5) is 13.3. The van der Waals surface area contributed by atoms with Crippen LogP contribution in [-0.2, 0) is 17.6 Å². The van der Waals surface area contributed by atoms with Crippen molar-refractivity contribution in [2.75, 3.05) is 11.4 Å². The normalized spacial score (nSPS) is 13.8. The number of amides is 1. The highest BCUT2D eigenvalue weighted by atomic mass is 16.2. The quantitative estimate of drug-likeness (QED) is 0.672. The van der Waals surface area contributed by atoms with Gasteiger partial charge in [-0.3, -0.25) is 4.79 Å². The van der Waals surface area contributed by atoms with Crippen LogP contribution in [0.4, 0.5) is 5.69 Å². The summed E-state index contributed by atoms with van der Waals surface area (Å²) in [7, 11) is 0. The van der Waals surface area contributed by atoms with E-state index >= 15 is 0 Å². The number of carbonyl (C=O) groups excluding carboxylic acids is 1. The molecule has 15 heavy (non-hydrogen) atoms. The molecule has 0 aliphatic carbocycles. The van der Waals surface area contributed by atoms with Crippen molar-refractivity contribution in [2.24, 2.45) is 0 Å². The van der Waals surface area contributed by atoms with Crippen molar-refractivity contribution in [3.8, 4) is 0 Å². The fourth-order valence-corrected chi connectivity index (χ4v) is 2.17. The predicted molar refractivity (Wildman–Crippen MR) is 62.1 cm³/mol. The summed E-state index contributed by atoms with van der Waals surface area (Å²) >= 11 is 0. The van der Waals surface area contributed by atoms with E-state index in [1.807, 2.05) is 11.0 Å². The van der Waals surface area contributed by atoms with Gasteiger partial charge in [0.05, 0.1) is 5.69 Å². The molecule has 0 unspecified atom stereocenters. The van der Waals surface area contributed by atoms with E-state index < -0.39 is 0 Å². The highest BCUT2D eigenvalue weighted by Crippen LogP contribution is 2.32. The molecule has 1 aliphatic rings. The first-order valence-corrected chi connectivity index (χ1v) is 5.24. The molecule has 1 aromatic carbocycles. The van der Waals surface area contributed by atoms with E-state index in [2.05, 4.69) is 24.8 Å². The lowest BCUT2D eigenvalue weighted by molar-refractivity contribution is -0.116. The van der Waals surface area contributed by atoms with Gasteiger partial charge >= 0.3 is 0 Å². The molecule has 1 amide bonds. The molecule has 0 spiro atoms. The van der Waals surface area contributed by atoms with Crippen molar-refractivity contribution >= 4 is 11.6 Å². The summed E-state index contributed by atoms with van der Waals surface area (Å²) in [6.45, 7) is 6.19. The highest BCUT2D eigenvalue weighted by molar-refractivity contribution is 5.94. The van der Waals surface area contributed by atoms with Gasteiger partial charge < -0.3 is 4.90 Å². The fraction of sp³-hybridized carbons (Fsp3) is 0.308. The van der Waals surface area contributed by atoms with Crippen LogP contribution in [0.15, 0.2) is 30.9 Å². The highest BCUT2D eigenvalue weighted by Gasteiger charge is 2.23. The maximum atomic E-state index is 11.5. The van der Waals surface area contributed by atoms with Crippen molar-refractivity contribution in [3.63, 3.8) is 0 Å². The molecule has 0 aromatic heterocycles. The molecule has 1 aromatic rings. The zero-order chi connectivity index (χ0) is 10.8. The molecule has 0 saturated heterocycles. The monoisotopic (exact) mass is 201 g/mol. The van der Waals surface area contributed by atoms with Gasteiger partial charge in [0.25, 0.3) is 0 Å². The minimum absolute atomic E-state index is 0.130.